The van der Waals surface area contributed by atoms with Gasteiger partial charge in [-0.25, -0.2) is 0 Å². The molecule has 0 unspecified atom stereocenters. The molecule has 0 amide bonds. The van der Waals surface area contributed by atoms with Gasteiger partial charge in [-0.1, -0.05) is 6.92 Å². The summed E-state index contributed by atoms with van der Waals surface area (Å²) in [6.45, 7) is 5.74. The summed E-state index contributed by atoms with van der Waals surface area (Å²) in [4.78, 5) is 13.5. The summed E-state index contributed by atoms with van der Waals surface area (Å²) in [6, 6.07) is 0.582. The van der Waals surface area contributed by atoms with E-state index >= 15 is 0 Å². The number of ether oxygens (including phenoxy) is 2. The Morgan fingerprint density at radius 2 is 2.06 bits per heavy atom. The molecule has 4 nitrogen and oxygen atoms in total. The van der Waals surface area contributed by atoms with Gasteiger partial charge in [-0.05, 0) is 25.8 Å². The van der Waals surface area contributed by atoms with Crippen LogP contribution in [0.25, 0.3) is 0 Å². The van der Waals surface area contributed by atoms with Gasteiger partial charge in [0.25, 0.3) is 0 Å². The summed E-state index contributed by atoms with van der Waals surface area (Å²) >= 11 is 0. The van der Waals surface area contributed by atoms with Gasteiger partial charge in [-0.15, -0.1) is 0 Å². The van der Waals surface area contributed by atoms with Crippen LogP contribution >= 0.6 is 0 Å². The molecule has 94 valence electrons. The van der Waals surface area contributed by atoms with Crippen LogP contribution in [-0.2, 0) is 14.3 Å². The van der Waals surface area contributed by atoms with E-state index in [1.807, 2.05) is 0 Å². The molecule has 1 heterocycles. The maximum atomic E-state index is 11.1. The first-order chi connectivity index (χ1) is 7.77. The third-order valence-electron chi connectivity index (χ3n) is 3.05. The number of hydrogen-bond donors (Lipinski definition) is 0. The van der Waals surface area contributed by atoms with Crippen LogP contribution in [0, 0.1) is 0 Å². The Balaban J connectivity index is 2.35. The lowest BCUT2D eigenvalue weighted by atomic mass is 10.1. The summed E-state index contributed by atoms with van der Waals surface area (Å²) in [7, 11) is 1.45. The molecule has 1 aliphatic rings. The monoisotopic (exact) mass is 229 g/mol. The number of hydrogen-bond acceptors (Lipinski definition) is 4. The van der Waals surface area contributed by atoms with Crippen LogP contribution in [0.4, 0.5) is 0 Å². The van der Waals surface area contributed by atoms with E-state index in [-0.39, 0.29) is 5.97 Å². The number of methoxy groups -OCH3 is 1. The molecule has 0 N–H and O–H groups in total. The predicted octanol–water partition coefficient (Wildman–Crippen LogP) is 1.44. The van der Waals surface area contributed by atoms with Crippen LogP contribution in [-0.4, -0.2) is 50.3 Å². The Morgan fingerprint density at radius 1 is 1.38 bits per heavy atom. The molecule has 0 aromatic carbocycles. The van der Waals surface area contributed by atoms with Crippen LogP contribution in [0.15, 0.2) is 0 Å². The largest absolute Gasteiger partial charge is 0.469 e. The zero-order chi connectivity index (χ0) is 11.8. The third-order valence-corrected chi connectivity index (χ3v) is 3.05. The van der Waals surface area contributed by atoms with Crippen molar-refractivity contribution < 1.29 is 14.3 Å². The summed E-state index contributed by atoms with van der Waals surface area (Å²) < 4.78 is 10.0. The molecular weight excluding hydrogens is 206 g/mol. The maximum absolute atomic E-state index is 11.1. The molecule has 0 radical (unpaired) electrons. The summed E-state index contributed by atoms with van der Waals surface area (Å²) in [5, 5.41) is 0. The highest BCUT2D eigenvalue weighted by molar-refractivity contribution is 5.69. The first kappa shape index (κ1) is 13.5. The average Bonchev–Trinajstić information content (AvgIpc) is 2.35. The van der Waals surface area contributed by atoms with Crippen molar-refractivity contribution >= 4 is 5.97 Å². The van der Waals surface area contributed by atoms with E-state index in [9.17, 15) is 4.79 Å². The SMILES string of the molecule is CCCN(CCC(=O)OC)C1CCOCC1. The molecule has 1 fully saturated rings. The van der Waals surface area contributed by atoms with Crippen molar-refractivity contribution in [2.75, 3.05) is 33.4 Å². The second-order valence-corrected chi connectivity index (χ2v) is 4.21. The Morgan fingerprint density at radius 3 is 2.62 bits per heavy atom. The minimum atomic E-state index is -0.117. The van der Waals surface area contributed by atoms with E-state index < -0.39 is 0 Å². The van der Waals surface area contributed by atoms with Gasteiger partial charge >= 0.3 is 5.97 Å². The summed E-state index contributed by atoms with van der Waals surface area (Å²) in [5.74, 6) is -0.117. The van der Waals surface area contributed by atoms with E-state index in [0.717, 1.165) is 45.6 Å². The highest BCUT2D eigenvalue weighted by Gasteiger charge is 2.21. The first-order valence-electron chi connectivity index (χ1n) is 6.16. The molecule has 16 heavy (non-hydrogen) atoms. The van der Waals surface area contributed by atoms with Crippen molar-refractivity contribution in [1.82, 2.24) is 4.90 Å². The molecule has 1 saturated heterocycles. The number of rotatable bonds is 6. The van der Waals surface area contributed by atoms with Crippen LogP contribution in [0.1, 0.15) is 32.6 Å². The van der Waals surface area contributed by atoms with Crippen molar-refractivity contribution in [3.8, 4) is 0 Å². The second kappa shape index (κ2) is 7.63. The molecule has 0 bridgehead atoms. The molecule has 0 aromatic rings. The maximum Gasteiger partial charge on any atom is 0.306 e. The van der Waals surface area contributed by atoms with Crippen molar-refractivity contribution in [2.45, 2.75) is 38.6 Å². The van der Waals surface area contributed by atoms with Crippen LogP contribution < -0.4 is 0 Å². The lowest BCUT2D eigenvalue weighted by Gasteiger charge is -2.33. The Bertz CT molecular complexity index is 202. The Labute approximate surface area is 97.9 Å². The average molecular weight is 229 g/mol. The lowest BCUT2D eigenvalue weighted by molar-refractivity contribution is -0.141. The predicted molar refractivity (Wildman–Crippen MR) is 62.3 cm³/mol. The van der Waals surface area contributed by atoms with E-state index in [1.54, 1.807) is 0 Å². The number of carbonyl (C=O) groups is 1. The normalized spacial score (nSPS) is 17.7. The smallest absolute Gasteiger partial charge is 0.306 e. The summed E-state index contributed by atoms with van der Waals surface area (Å²) in [5.41, 5.74) is 0. The van der Waals surface area contributed by atoms with Crippen LogP contribution in [0.2, 0.25) is 0 Å². The topological polar surface area (TPSA) is 38.8 Å². The quantitative estimate of drug-likeness (QED) is 0.646. The Kier molecular flexibility index (Phi) is 6.42. The standard InChI is InChI=1S/C12H23NO3/c1-3-7-13(8-4-12(14)15-2)11-5-9-16-10-6-11/h11H,3-10H2,1-2H3. The van der Waals surface area contributed by atoms with E-state index in [1.165, 1.54) is 7.11 Å². The minimum Gasteiger partial charge on any atom is -0.469 e. The number of esters is 1. The minimum absolute atomic E-state index is 0.117. The molecule has 0 spiro atoms. The number of nitrogens with zero attached hydrogens (tertiary/aromatic N) is 1. The van der Waals surface area contributed by atoms with E-state index in [0.29, 0.717) is 12.5 Å². The fourth-order valence-electron chi connectivity index (χ4n) is 2.15. The van der Waals surface area contributed by atoms with Gasteiger partial charge in [0.15, 0.2) is 0 Å². The number of carbonyl (C=O) groups excluding carboxylic acids is 1. The van der Waals surface area contributed by atoms with Crippen LogP contribution in [0.5, 0.6) is 0 Å². The fraction of sp³-hybridized carbons (Fsp3) is 0.917. The molecule has 1 aliphatic heterocycles. The van der Waals surface area contributed by atoms with Gasteiger partial charge in [0.1, 0.15) is 0 Å². The van der Waals surface area contributed by atoms with Gasteiger partial charge in [-0.2, -0.15) is 0 Å². The molecule has 0 aromatic heterocycles. The van der Waals surface area contributed by atoms with Gasteiger partial charge < -0.3 is 9.47 Å². The highest BCUT2D eigenvalue weighted by Crippen LogP contribution is 2.15. The van der Waals surface area contributed by atoms with Crippen LogP contribution in [0.3, 0.4) is 0 Å². The Hall–Kier alpha value is -0.610. The van der Waals surface area contributed by atoms with E-state index in [4.69, 9.17) is 4.74 Å². The molecule has 1 rings (SSSR count). The second-order valence-electron chi connectivity index (χ2n) is 4.21. The van der Waals surface area contributed by atoms with Gasteiger partial charge in [0, 0.05) is 25.8 Å². The molecular formula is C12H23NO3. The van der Waals surface area contributed by atoms with Crippen molar-refractivity contribution in [2.24, 2.45) is 0 Å². The lowest BCUT2D eigenvalue weighted by Crippen LogP contribution is -2.41. The highest BCUT2D eigenvalue weighted by atomic mass is 16.5. The molecule has 4 heteroatoms. The summed E-state index contributed by atoms with van der Waals surface area (Å²) in [6.07, 6.45) is 3.79. The molecule has 0 saturated carbocycles. The van der Waals surface area contributed by atoms with Crippen molar-refractivity contribution in [3.63, 3.8) is 0 Å². The van der Waals surface area contributed by atoms with Crippen molar-refractivity contribution in [1.29, 1.82) is 0 Å². The van der Waals surface area contributed by atoms with Gasteiger partial charge in [0.05, 0.1) is 13.5 Å². The van der Waals surface area contributed by atoms with Crippen molar-refractivity contribution in [3.05, 3.63) is 0 Å². The van der Waals surface area contributed by atoms with Gasteiger partial charge in [0.2, 0.25) is 0 Å². The van der Waals surface area contributed by atoms with E-state index in [2.05, 4.69) is 16.6 Å². The van der Waals surface area contributed by atoms with Gasteiger partial charge in [-0.3, -0.25) is 9.69 Å². The molecule has 0 aliphatic carbocycles. The first-order valence-corrected chi connectivity index (χ1v) is 6.16. The molecule has 0 atom stereocenters. The zero-order valence-corrected chi connectivity index (χ0v) is 10.4. The zero-order valence-electron chi connectivity index (χ0n) is 10.4. The fourth-order valence-corrected chi connectivity index (χ4v) is 2.15. The third kappa shape index (κ3) is 4.49.